The van der Waals surface area contributed by atoms with Crippen LogP contribution in [0.15, 0.2) is 79.1 Å². The third-order valence-electron chi connectivity index (χ3n) is 10.8. The molecule has 51 heavy (non-hydrogen) atoms. The number of aromatic amines is 1. The van der Waals surface area contributed by atoms with Gasteiger partial charge < -0.3 is 33.6 Å². The van der Waals surface area contributed by atoms with Gasteiger partial charge in [-0.25, -0.2) is 9.97 Å². The van der Waals surface area contributed by atoms with E-state index in [2.05, 4.69) is 43.7 Å². The number of H-pyrrole nitrogens is 1. The third-order valence-corrected chi connectivity index (χ3v) is 10.8. The smallest absolute Gasteiger partial charge is 0.254 e. The minimum atomic E-state index is -0.177. The Bertz CT molecular complexity index is 1940. The Morgan fingerprint density at radius 1 is 0.902 bits per heavy atom. The summed E-state index contributed by atoms with van der Waals surface area (Å²) in [7, 11) is 4.67. The lowest BCUT2D eigenvalue weighted by Gasteiger charge is -2.36. The number of methoxy groups -OCH3 is 3. The van der Waals surface area contributed by atoms with E-state index in [9.17, 15) is 9.59 Å². The Hall–Kier alpha value is -5.16. The second-order valence-corrected chi connectivity index (χ2v) is 13.6. The van der Waals surface area contributed by atoms with Gasteiger partial charge in [-0.2, -0.15) is 0 Å². The van der Waals surface area contributed by atoms with E-state index in [4.69, 9.17) is 19.2 Å². The van der Waals surface area contributed by atoms with Crippen LogP contribution >= 0.6 is 0 Å². The normalized spacial score (nSPS) is 18.3. The molecular formula is C40H46N6O5. The van der Waals surface area contributed by atoms with Gasteiger partial charge in [0.2, 0.25) is 11.5 Å². The molecule has 1 unspecified atom stereocenters. The zero-order valence-corrected chi connectivity index (χ0v) is 29.6. The summed E-state index contributed by atoms with van der Waals surface area (Å²) in [6.45, 7) is 4.50. The number of ketones is 1. The van der Waals surface area contributed by atoms with Gasteiger partial charge in [-0.15, -0.1) is 0 Å². The van der Waals surface area contributed by atoms with Crippen LogP contribution in [0.3, 0.4) is 0 Å². The number of imidazole rings is 2. The number of rotatable bonds is 13. The standard InChI is InChI=1S/C40H46N6O5/c1-49-33-25-29(26-34(50-2)37(33)51-3)39(48)45-24-17-40(27-45,30-9-5-4-6-10-30)16-23-44-20-13-28(14-21-44)36(47)38-43-31-11-7-8-12-32(31)46(38)22-15-35-41-18-19-42-35/h4-12,18-19,25-26,28H,13-17,20-24,27H2,1-3H3,(H,41,42). The molecule has 1 atom stereocenters. The molecule has 1 N–H and O–H groups in total. The molecule has 2 aliphatic rings. The lowest BCUT2D eigenvalue weighted by atomic mass is 9.76. The van der Waals surface area contributed by atoms with Gasteiger partial charge in [-0.3, -0.25) is 9.59 Å². The number of nitrogens with zero attached hydrogens (tertiary/aromatic N) is 5. The molecule has 2 fully saturated rings. The van der Waals surface area contributed by atoms with Crippen molar-refractivity contribution >= 4 is 22.7 Å². The molecule has 3 aromatic carbocycles. The average molecular weight is 691 g/mol. The molecule has 266 valence electrons. The summed E-state index contributed by atoms with van der Waals surface area (Å²) in [5.41, 5.74) is 3.41. The van der Waals surface area contributed by atoms with Crippen molar-refractivity contribution in [3.05, 3.63) is 102 Å². The maximum atomic E-state index is 14.0. The van der Waals surface area contributed by atoms with Crippen molar-refractivity contribution in [1.29, 1.82) is 0 Å². The summed E-state index contributed by atoms with van der Waals surface area (Å²) in [5.74, 6) is 2.83. The molecule has 11 heteroatoms. The van der Waals surface area contributed by atoms with Crippen molar-refractivity contribution in [3.8, 4) is 17.2 Å². The summed E-state index contributed by atoms with van der Waals surface area (Å²) in [6.07, 6.45) is 7.65. The number of Topliss-reactive ketones (excluding diaryl/α,β-unsaturated/α-hetero) is 1. The number of para-hydroxylation sites is 2. The number of hydrogen-bond acceptors (Lipinski definition) is 8. The number of likely N-dealkylation sites (tertiary alicyclic amines) is 2. The van der Waals surface area contributed by atoms with Gasteiger partial charge in [-0.1, -0.05) is 42.5 Å². The van der Waals surface area contributed by atoms with Gasteiger partial charge in [0, 0.05) is 55.3 Å². The molecule has 0 radical (unpaired) electrons. The van der Waals surface area contributed by atoms with E-state index < -0.39 is 0 Å². The molecule has 2 aliphatic heterocycles. The molecule has 0 bridgehead atoms. The highest BCUT2D eigenvalue weighted by molar-refractivity contribution is 5.98. The average Bonchev–Trinajstić information content (AvgIpc) is 3.95. The lowest BCUT2D eigenvalue weighted by molar-refractivity contribution is 0.0777. The van der Waals surface area contributed by atoms with Crippen LogP contribution in [0.4, 0.5) is 0 Å². The van der Waals surface area contributed by atoms with Gasteiger partial charge >= 0.3 is 0 Å². The van der Waals surface area contributed by atoms with E-state index in [0.29, 0.717) is 54.7 Å². The second-order valence-electron chi connectivity index (χ2n) is 13.6. The SMILES string of the molecule is COc1cc(C(=O)N2CCC(CCN3CCC(C(=O)c4nc5ccccc5n4CCc4ncc[nH]4)CC3)(c3ccccc3)C2)cc(OC)c1OC. The van der Waals surface area contributed by atoms with Gasteiger partial charge in [0.05, 0.1) is 32.4 Å². The number of hydrogen-bond donors (Lipinski definition) is 1. The predicted molar refractivity (Wildman–Crippen MR) is 195 cm³/mol. The minimum absolute atomic E-state index is 0.0541. The van der Waals surface area contributed by atoms with Gasteiger partial charge in [0.1, 0.15) is 5.82 Å². The number of amides is 1. The number of nitrogens with one attached hydrogen (secondary N) is 1. The Kier molecular flexibility index (Phi) is 10.1. The number of ether oxygens (including phenoxy) is 3. The number of aryl methyl sites for hydroxylation is 2. The third kappa shape index (κ3) is 6.95. The van der Waals surface area contributed by atoms with Crippen LogP contribution in [-0.2, 0) is 18.4 Å². The minimum Gasteiger partial charge on any atom is -0.493 e. The highest BCUT2D eigenvalue weighted by atomic mass is 16.5. The molecule has 1 amide bonds. The van der Waals surface area contributed by atoms with Crippen molar-refractivity contribution in [2.75, 3.05) is 54.1 Å². The molecule has 4 heterocycles. The van der Waals surface area contributed by atoms with Gasteiger partial charge in [-0.05, 0) is 75.1 Å². The van der Waals surface area contributed by atoms with Crippen molar-refractivity contribution in [1.82, 2.24) is 29.3 Å². The van der Waals surface area contributed by atoms with Crippen LogP contribution in [0.5, 0.6) is 17.2 Å². The van der Waals surface area contributed by atoms with Gasteiger partial charge in [0.15, 0.2) is 17.3 Å². The monoisotopic (exact) mass is 690 g/mol. The predicted octanol–water partition coefficient (Wildman–Crippen LogP) is 5.80. The van der Waals surface area contributed by atoms with E-state index in [1.807, 2.05) is 41.4 Å². The maximum absolute atomic E-state index is 14.0. The first-order valence-electron chi connectivity index (χ1n) is 17.8. The van der Waals surface area contributed by atoms with Crippen LogP contribution in [0.1, 0.15) is 58.0 Å². The first-order chi connectivity index (χ1) is 24.9. The number of piperidine rings is 1. The number of carbonyl (C=O) groups excluding carboxylic acids is 2. The number of benzene rings is 3. The van der Waals surface area contributed by atoms with Crippen LogP contribution in [0.25, 0.3) is 11.0 Å². The Morgan fingerprint density at radius 3 is 2.31 bits per heavy atom. The summed E-state index contributed by atoms with van der Waals surface area (Å²) in [4.78, 5) is 44.7. The molecule has 2 saturated heterocycles. The van der Waals surface area contributed by atoms with E-state index >= 15 is 0 Å². The quantitative estimate of drug-likeness (QED) is 0.154. The summed E-state index contributed by atoms with van der Waals surface area (Å²) >= 11 is 0. The van der Waals surface area contributed by atoms with Crippen molar-refractivity contribution in [2.24, 2.45) is 5.92 Å². The van der Waals surface area contributed by atoms with Crippen molar-refractivity contribution in [2.45, 2.75) is 44.1 Å². The molecule has 11 nitrogen and oxygen atoms in total. The molecule has 2 aromatic heterocycles. The van der Waals surface area contributed by atoms with Crippen LogP contribution in [0.2, 0.25) is 0 Å². The summed E-state index contributed by atoms with van der Waals surface area (Å²) < 4.78 is 18.6. The fourth-order valence-electron chi connectivity index (χ4n) is 7.92. The first kappa shape index (κ1) is 34.3. The molecule has 5 aromatic rings. The fourth-order valence-corrected chi connectivity index (χ4v) is 7.92. The summed E-state index contributed by atoms with van der Waals surface area (Å²) in [5, 5.41) is 0. The number of fused-ring (bicyclic) bond motifs is 1. The molecule has 0 saturated carbocycles. The Morgan fingerprint density at radius 2 is 1.63 bits per heavy atom. The largest absolute Gasteiger partial charge is 0.493 e. The topological polar surface area (TPSA) is 115 Å². The van der Waals surface area contributed by atoms with Gasteiger partial charge in [0.25, 0.3) is 5.91 Å². The molecule has 0 aliphatic carbocycles. The molecule has 7 rings (SSSR count). The van der Waals surface area contributed by atoms with Crippen molar-refractivity contribution < 1.29 is 23.8 Å². The van der Waals surface area contributed by atoms with Crippen molar-refractivity contribution in [3.63, 3.8) is 0 Å². The number of carbonyl (C=O) groups is 2. The molecular weight excluding hydrogens is 644 g/mol. The van der Waals surface area contributed by atoms with E-state index in [1.54, 1.807) is 39.7 Å². The zero-order valence-electron chi connectivity index (χ0n) is 29.6. The number of aromatic nitrogens is 4. The fraction of sp³-hybridized carbons (Fsp3) is 0.400. The zero-order chi connectivity index (χ0) is 35.4. The molecule has 0 spiro atoms. The van der Waals surface area contributed by atoms with Crippen LogP contribution in [0, 0.1) is 5.92 Å². The van der Waals surface area contributed by atoms with E-state index in [0.717, 1.165) is 62.2 Å². The summed E-state index contributed by atoms with van der Waals surface area (Å²) in [6, 6.07) is 22.0. The second kappa shape index (κ2) is 15.0. The van der Waals surface area contributed by atoms with Crippen LogP contribution in [-0.4, -0.2) is 95.1 Å². The van der Waals surface area contributed by atoms with E-state index in [-0.39, 0.29) is 23.0 Å². The lowest BCUT2D eigenvalue weighted by Crippen LogP contribution is -2.41. The highest BCUT2D eigenvalue weighted by Gasteiger charge is 2.42. The maximum Gasteiger partial charge on any atom is 0.254 e. The first-order valence-corrected chi connectivity index (χ1v) is 17.8. The Balaban J connectivity index is 1.02. The van der Waals surface area contributed by atoms with E-state index in [1.165, 1.54) is 5.56 Å². The van der Waals surface area contributed by atoms with Crippen LogP contribution < -0.4 is 14.2 Å². The Labute approximate surface area is 298 Å². The highest BCUT2D eigenvalue weighted by Crippen LogP contribution is 2.41.